The first-order chi connectivity index (χ1) is 9.15. The van der Waals surface area contributed by atoms with Crippen LogP contribution in [0.5, 0.6) is 0 Å². The Morgan fingerprint density at radius 2 is 2.11 bits per heavy atom. The molecule has 1 rings (SSSR count). The summed E-state index contributed by atoms with van der Waals surface area (Å²) in [6, 6.07) is 5.49. The van der Waals surface area contributed by atoms with E-state index in [-0.39, 0.29) is 12.5 Å². The van der Waals surface area contributed by atoms with Gasteiger partial charge in [0, 0.05) is 20.2 Å². The van der Waals surface area contributed by atoms with Gasteiger partial charge in [0.1, 0.15) is 0 Å². The molecule has 0 heterocycles. The predicted molar refractivity (Wildman–Crippen MR) is 77.9 cm³/mol. The number of ether oxygens (including phenoxy) is 1. The lowest BCUT2D eigenvalue weighted by molar-refractivity contribution is -0.120. The highest BCUT2D eigenvalue weighted by Gasteiger charge is 2.05. The van der Waals surface area contributed by atoms with Gasteiger partial charge in [-0.15, -0.1) is 0 Å². The van der Waals surface area contributed by atoms with Crippen molar-refractivity contribution in [1.82, 2.24) is 10.6 Å². The number of hydrogen-bond acceptors (Lipinski definition) is 3. The Balaban J connectivity index is 2.23. The van der Waals surface area contributed by atoms with Crippen LogP contribution in [0, 0.1) is 0 Å². The summed E-state index contributed by atoms with van der Waals surface area (Å²) in [4.78, 5) is 11.5. The first-order valence-electron chi connectivity index (χ1n) is 6.04. The average Bonchev–Trinajstić information content (AvgIpc) is 2.40. The number of hydrogen-bond donors (Lipinski definition) is 2. The van der Waals surface area contributed by atoms with Crippen LogP contribution >= 0.6 is 23.2 Å². The molecule has 1 aromatic rings. The Labute approximate surface area is 123 Å². The normalized spacial score (nSPS) is 10.5. The van der Waals surface area contributed by atoms with Gasteiger partial charge in [-0.2, -0.15) is 0 Å². The van der Waals surface area contributed by atoms with Gasteiger partial charge in [0.25, 0.3) is 0 Å². The average molecular weight is 305 g/mol. The molecule has 1 amide bonds. The lowest BCUT2D eigenvalue weighted by Gasteiger charge is -2.08. The maximum atomic E-state index is 11.5. The summed E-state index contributed by atoms with van der Waals surface area (Å²) >= 11 is 12.0. The molecule has 0 bridgehead atoms. The van der Waals surface area contributed by atoms with E-state index in [0.29, 0.717) is 36.2 Å². The number of methoxy groups -OCH3 is 1. The molecule has 2 N–H and O–H groups in total. The molecule has 0 saturated carbocycles. The van der Waals surface area contributed by atoms with E-state index in [1.165, 1.54) is 0 Å². The number of carbonyl (C=O) groups excluding carboxylic acids is 1. The highest BCUT2D eigenvalue weighted by Crippen LogP contribution is 2.25. The second kappa shape index (κ2) is 9.15. The van der Waals surface area contributed by atoms with Crippen molar-refractivity contribution in [1.29, 1.82) is 0 Å². The van der Waals surface area contributed by atoms with Crippen LogP contribution < -0.4 is 10.6 Å². The number of halogens is 2. The summed E-state index contributed by atoms with van der Waals surface area (Å²) in [5.74, 6) is -0.0470. The topological polar surface area (TPSA) is 50.4 Å². The second-order valence-corrected chi connectivity index (χ2v) is 4.77. The number of nitrogens with one attached hydrogen (secondary N) is 2. The van der Waals surface area contributed by atoms with Crippen molar-refractivity contribution < 1.29 is 9.53 Å². The van der Waals surface area contributed by atoms with Gasteiger partial charge in [-0.25, -0.2) is 0 Å². The lowest BCUT2D eigenvalue weighted by atomic mass is 10.1. The molecule has 0 aliphatic heterocycles. The number of rotatable bonds is 8. The predicted octanol–water partition coefficient (Wildman–Crippen LogP) is 1.89. The van der Waals surface area contributed by atoms with E-state index in [1.54, 1.807) is 13.2 Å². The maximum absolute atomic E-state index is 11.5. The van der Waals surface area contributed by atoms with Crippen molar-refractivity contribution in [2.45, 2.75) is 6.42 Å². The van der Waals surface area contributed by atoms with Gasteiger partial charge in [-0.3, -0.25) is 4.79 Å². The zero-order valence-corrected chi connectivity index (χ0v) is 12.4. The minimum atomic E-state index is -0.0470. The molecular formula is C13H18Cl2N2O2. The Morgan fingerprint density at radius 1 is 1.32 bits per heavy atom. The third-order valence-electron chi connectivity index (χ3n) is 2.52. The molecule has 0 fully saturated rings. The van der Waals surface area contributed by atoms with Crippen LogP contribution in [0.1, 0.15) is 5.56 Å². The number of carbonyl (C=O) groups is 1. The summed E-state index contributed by atoms with van der Waals surface area (Å²) in [5.41, 5.74) is 0.932. The molecule has 106 valence electrons. The van der Waals surface area contributed by atoms with E-state index in [0.717, 1.165) is 5.56 Å². The molecule has 19 heavy (non-hydrogen) atoms. The van der Waals surface area contributed by atoms with Crippen molar-refractivity contribution >= 4 is 29.1 Å². The Kier molecular flexibility index (Phi) is 7.82. The molecule has 4 nitrogen and oxygen atoms in total. The number of benzene rings is 1. The van der Waals surface area contributed by atoms with E-state index in [2.05, 4.69) is 10.6 Å². The lowest BCUT2D eigenvalue weighted by Crippen LogP contribution is -2.36. The fourth-order valence-corrected chi connectivity index (χ4v) is 1.93. The van der Waals surface area contributed by atoms with Crippen molar-refractivity contribution in [3.63, 3.8) is 0 Å². The van der Waals surface area contributed by atoms with Crippen molar-refractivity contribution in [3.8, 4) is 0 Å². The van der Waals surface area contributed by atoms with Crippen LogP contribution in [-0.2, 0) is 16.0 Å². The van der Waals surface area contributed by atoms with E-state index >= 15 is 0 Å². The van der Waals surface area contributed by atoms with E-state index in [1.807, 2.05) is 12.1 Å². The second-order valence-electron chi connectivity index (χ2n) is 3.98. The Bertz CT molecular complexity index is 414. The SMILES string of the molecule is COCCNCC(=O)NCCc1cccc(Cl)c1Cl. The van der Waals surface area contributed by atoms with E-state index < -0.39 is 0 Å². The van der Waals surface area contributed by atoms with Crippen molar-refractivity contribution in [2.24, 2.45) is 0 Å². The standard InChI is InChI=1S/C13H18Cl2N2O2/c1-19-8-7-16-9-12(18)17-6-5-10-3-2-4-11(14)13(10)15/h2-4,16H,5-9H2,1H3,(H,17,18). The quantitative estimate of drug-likeness (QED) is 0.721. The Morgan fingerprint density at radius 3 is 2.84 bits per heavy atom. The van der Waals surface area contributed by atoms with E-state index in [4.69, 9.17) is 27.9 Å². The third kappa shape index (κ3) is 6.25. The largest absolute Gasteiger partial charge is 0.383 e. The van der Waals surface area contributed by atoms with Gasteiger partial charge < -0.3 is 15.4 Å². The van der Waals surface area contributed by atoms with Gasteiger partial charge in [0.15, 0.2) is 0 Å². The fourth-order valence-electron chi connectivity index (χ4n) is 1.52. The minimum Gasteiger partial charge on any atom is -0.383 e. The first-order valence-corrected chi connectivity index (χ1v) is 6.80. The van der Waals surface area contributed by atoms with Crippen LogP contribution in [0.25, 0.3) is 0 Å². The smallest absolute Gasteiger partial charge is 0.233 e. The molecule has 0 radical (unpaired) electrons. The molecule has 0 saturated heterocycles. The van der Waals surface area contributed by atoms with Gasteiger partial charge in [0.05, 0.1) is 23.2 Å². The Hall–Kier alpha value is -0.810. The fraction of sp³-hybridized carbons (Fsp3) is 0.462. The third-order valence-corrected chi connectivity index (χ3v) is 3.37. The van der Waals surface area contributed by atoms with Crippen LogP contribution in [0.3, 0.4) is 0 Å². The molecule has 0 aromatic heterocycles. The molecule has 0 spiro atoms. The highest BCUT2D eigenvalue weighted by molar-refractivity contribution is 6.42. The van der Waals surface area contributed by atoms with Crippen LogP contribution in [0.4, 0.5) is 0 Å². The van der Waals surface area contributed by atoms with Crippen molar-refractivity contribution in [2.75, 3.05) is 33.4 Å². The van der Waals surface area contributed by atoms with Crippen LogP contribution in [0.2, 0.25) is 10.0 Å². The van der Waals surface area contributed by atoms with Gasteiger partial charge >= 0.3 is 0 Å². The molecule has 6 heteroatoms. The summed E-state index contributed by atoms with van der Waals surface area (Å²) in [5, 5.41) is 6.87. The van der Waals surface area contributed by atoms with Crippen LogP contribution in [0.15, 0.2) is 18.2 Å². The molecule has 0 unspecified atom stereocenters. The van der Waals surface area contributed by atoms with Crippen molar-refractivity contribution in [3.05, 3.63) is 33.8 Å². The molecule has 1 aromatic carbocycles. The van der Waals surface area contributed by atoms with Gasteiger partial charge in [-0.05, 0) is 18.1 Å². The summed E-state index contributed by atoms with van der Waals surface area (Å²) in [7, 11) is 1.62. The molecular weight excluding hydrogens is 287 g/mol. The molecule has 0 aliphatic carbocycles. The highest BCUT2D eigenvalue weighted by atomic mass is 35.5. The molecule has 0 aliphatic rings. The van der Waals surface area contributed by atoms with Gasteiger partial charge in [0.2, 0.25) is 5.91 Å². The number of amides is 1. The minimum absolute atomic E-state index is 0.0470. The summed E-state index contributed by atoms with van der Waals surface area (Å²) in [6.45, 7) is 2.06. The molecule has 0 atom stereocenters. The maximum Gasteiger partial charge on any atom is 0.233 e. The zero-order valence-electron chi connectivity index (χ0n) is 10.8. The van der Waals surface area contributed by atoms with Gasteiger partial charge in [-0.1, -0.05) is 35.3 Å². The summed E-state index contributed by atoms with van der Waals surface area (Å²) < 4.78 is 4.87. The van der Waals surface area contributed by atoms with E-state index in [9.17, 15) is 4.79 Å². The summed E-state index contributed by atoms with van der Waals surface area (Å²) in [6.07, 6.45) is 0.656. The first kappa shape index (κ1) is 16.2. The zero-order chi connectivity index (χ0) is 14.1. The van der Waals surface area contributed by atoms with Crippen LogP contribution in [-0.4, -0.2) is 39.3 Å². The monoisotopic (exact) mass is 304 g/mol.